The number of allylic oxidation sites excluding steroid dienone is 1. The fourth-order valence-corrected chi connectivity index (χ4v) is 1.98. The average Bonchev–Trinajstić information content (AvgIpc) is 2.52. The van der Waals surface area contributed by atoms with Crippen molar-refractivity contribution in [2.24, 2.45) is 0 Å². The van der Waals surface area contributed by atoms with Crippen LogP contribution in [0.15, 0.2) is 43.5 Å². The molecule has 0 aliphatic rings. The van der Waals surface area contributed by atoms with Crippen LogP contribution in [-0.2, 0) is 11.3 Å². The first kappa shape index (κ1) is 16.8. The van der Waals surface area contributed by atoms with Gasteiger partial charge in [0, 0.05) is 31.1 Å². The molecule has 0 bridgehead atoms. The molecule has 0 aliphatic heterocycles. The lowest BCUT2D eigenvalue weighted by molar-refractivity contribution is -0.131. The Bertz CT molecular complexity index is 497. The molecular weight excluding hydrogens is 266 g/mol. The quantitative estimate of drug-likeness (QED) is 0.655. The third kappa shape index (κ3) is 4.99. The number of ether oxygens (including phenoxy) is 2. The predicted octanol–water partition coefficient (Wildman–Crippen LogP) is 3.18. The van der Waals surface area contributed by atoms with E-state index in [0.29, 0.717) is 31.7 Å². The topological polar surface area (TPSA) is 38.8 Å². The number of hydrogen-bond acceptors (Lipinski definition) is 3. The van der Waals surface area contributed by atoms with Crippen LogP contribution in [0.2, 0.25) is 0 Å². The Hall–Kier alpha value is -2.23. The molecule has 114 valence electrons. The normalized spacial score (nSPS) is 9.81. The van der Waals surface area contributed by atoms with E-state index in [2.05, 4.69) is 13.2 Å². The summed E-state index contributed by atoms with van der Waals surface area (Å²) < 4.78 is 10.5. The molecule has 0 saturated heterocycles. The van der Waals surface area contributed by atoms with E-state index in [4.69, 9.17) is 9.47 Å². The number of hydrogen-bond donors (Lipinski definition) is 0. The maximum Gasteiger partial charge on any atom is 0.223 e. The molecule has 0 spiro atoms. The molecule has 1 aromatic carbocycles. The minimum Gasteiger partial charge on any atom is -0.497 e. The first-order valence-electron chi connectivity index (χ1n) is 6.86. The van der Waals surface area contributed by atoms with Gasteiger partial charge < -0.3 is 14.4 Å². The third-order valence-corrected chi connectivity index (χ3v) is 3.12. The maximum atomic E-state index is 12.2. The lowest BCUT2D eigenvalue weighted by Crippen LogP contribution is -2.30. The monoisotopic (exact) mass is 289 g/mol. The van der Waals surface area contributed by atoms with Crippen molar-refractivity contribution in [3.8, 4) is 11.5 Å². The van der Waals surface area contributed by atoms with Crippen LogP contribution in [0.3, 0.4) is 0 Å². The summed E-state index contributed by atoms with van der Waals surface area (Å²) in [6.07, 6.45) is 4.60. The van der Waals surface area contributed by atoms with E-state index in [9.17, 15) is 4.79 Å². The predicted molar refractivity (Wildman–Crippen MR) is 84.6 cm³/mol. The first-order valence-corrected chi connectivity index (χ1v) is 6.86. The molecule has 1 rings (SSSR count). The second-order valence-electron chi connectivity index (χ2n) is 4.57. The first-order chi connectivity index (χ1) is 10.2. The molecule has 0 aliphatic carbocycles. The summed E-state index contributed by atoms with van der Waals surface area (Å²) in [4.78, 5) is 13.9. The Morgan fingerprint density at radius 2 is 2.00 bits per heavy atom. The van der Waals surface area contributed by atoms with Crippen LogP contribution >= 0.6 is 0 Å². The molecule has 0 heterocycles. The third-order valence-electron chi connectivity index (χ3n) is 3.12. The summed E-state index contributed by atoms with van der Waals surface area (Å²) >= 11 is 0. The summed E-state index contributed by atoms with van der Waals surface area (Å²) in [5, 5.41) is 0. The van der Waals surface area contributed by atoms with Crippen LogP contribution in [0.5, 0.6) is 11.5 Å². The van der Waals surface area contributed by atoms with Crippen LogP contribution < -0.4 is 9.47 Å². The summed E-state index contributed by atoms with van der Waals surface area (Å²) in [6.45, 7) is 8.34. The van der Waals surface area contributed by atoms with E-state index in [1.165, 1.54) is 0 Å². The minimum absolute atomic E-state index is 0.0765. The van der Waals surface area contributed by atoms with E-state index in [1.807, 2.05) is 18.2 Å². The highest BCUT2D eigenvalue weighted by Gasteiger charge is 2.14. The van der Waals surface area contributed by atoms with Gasteiger partial charge in [-0.25, -0.2) is 0 Å². The van der Waals surface area contributed by atoms with Crippen LogP contribution in [0, 0.1) is 0 Å². The molecule has 1 amide bonds. The van der Waals surface area contributed by atoms with E-state index in [0.717, 1.165) is 11.3 Å². The Labute approximate surface area is 126 Å². The van der Waals surface area contributed by atoms with Gasteiger partial charge in [0.25, 0.3) is 0 Å². The van der Waals surface area contributed by atoms with Gasteiger partial charge in [-0.05, 0) is 18.6 Å². The molecule has 0 radical (unpaired) electrons. The lowest BCUT2D eigenvalue weighted by atomic mass is 10.1. The number of carbonyl (C=O) groups excluding carboxylic acids is 1. The van der Waals surface area contributed by atoms with Gasteiger partial charge in [0.1, 0.15) is 11.5 Å². The van der Waals surface area contributed by atoms with Gasteiger partial charge in [0.2, 0.25) is 5.91 Å². The van der Waals surface area contributed by atoms with Gasteiger partial charge in [-0.3, -0.25) is 4.79 Å². The zero-order valence-corrected chi connectivity index (χ0v) is 12.8. The van der Waals surface area contributed by atoms with Crippen molar-refractivity contribution in [3.63, 3.8) is 0 Å². The van der Waals surface area contributed by atoms with Crippen molar-refractivity contribution < 1.29 is 14.3 Å². The number of methoxy groups -OCH3 is 2. The number of rotatable bonds is 9. The van der Waals surface area contributed by atoms with Gasteiger partial charge >= 0.3 is 0 Å². The molecule has 0 fully saturated rings. The summed E-state index contributed by atoms with van der Waals surface area (Å²) in [5.41, 5.74) is 0.937. The Balaban J connectivity index is 2.89. The van der Waals surface area contributed by atoms with Crippen LogP contribution in [0.4, 0.5) is 0 Å². The second kappa shape index (κ2) is 8.84. The lowest BCUT2D eigenvalue weighted by Gasteiger charge is -2.22. The van der Waals surface area contributed by atoms with E-state index in [-0.39, 0.29) is 5.91 Å². The minimum atomic E-state index is 0.0765. The number of benzene rings is 1. The van der Waals surface area contributed by atoms with Crippen molar-refractivity contribution in [2.75, 3.05) is 20.8 Å². The van der Waals surface area contributed by atoms with Crippen LogP contribution in [-0.4, -0.2) is 31.6 Å². The molecule has 4 heteroatoms. The fraction of sp³-hybridized carbons (Fsp3) is 0.353. The maximum absolute atomic E-state index is 12.2. The Kier molecular flexibility index (Phi) is 7.09. The van der Waals surface area contributed by atoms with Gasteiger partial charge in [-0.1, -0.05) is 12.2 Å². The van der Waals surface area contributed by atoms with E-state index < -0.39 is 0 Å². The smallest absolute Gasteiger partial charge is 0.223 e. The van der Waals surface area contributed by atoms with Crippen molar-refractivity contribution in [1.29, 1.82) is 0 Å². The van der Waals surface area contributed by atoms with Crippen molar-refractivity contribution in [3.05, 3.63) is 49.1 Å². The van der Waals surface area contributed by atoms with Crippen molar-refractivity contribution in [1.82, 2.24) is 4.90 Å². The largest absolute Gasteiger partial charge is 0.497 e. The van der Waals surface area contributed by atoms with E-state index >= 15 is 0 Å². The fourth-order valence-electron chi connectivity index (χ4n) is 1.98. The van der Waals surface area contributed by atoms with Crippen LogP contribution in [0.25, 0.3) is 0 Å². The molecule has 0 N–H and O–H groups in total. The molecule has 4 nitrogen and oxygen atoms in total. The van der Waals surface area contributed by atoms with Gasteiger partial charge in [0.15, 0.2) is 0 Å². The second-order valence-corrected chi connectivity index (χ2v) is 4.57. The molecule has 1 aromatic rings. The molecule has 0 unspecified atom stereocenters. The SMILES string of the molecule is C=CCCC(=O)N(CC=C)Cc1ccc(OC)cc1OC. The van der Waals surface area contributed by atoms with E-state index in [1.54, 1.807) is 31.3 Å². The van der Waals surface area contributed by atoms with Gasteiger partial charge in [-0.2, -0.15) is 0 Å². The number of carbonyl (C=O) groups is 1. The summed E-state index contributed by atoms with van der Waals surface area (Å²) in [7, 11) is 3.22. The highest BCUT2D eigenvalue weighted by atomic mass is 16.5. The highest BCUT2D eigenvalue weighted by molar-refractivity contribution is 5.76. The molecule has 0 atom stereocenters. The van der Waals surface area contributed by atoms with Crippen LogP contribution in [0.1, 0.15) is 18.4 Å². The molecule has 21 heavy (non-hydrogen) atoms. The van der Waals surface area contributed by atoms with Crippen molar-refractivity contribution in [2.45, 2.75) is 19.4 Å². The van der Waals surface area contributed by atoms with Crippen molar-refractivity contribution >= 4 is 5.91 Å². The molecular formula is C17H23NO3. The summed E-state index contributed by atoms with van der Waals surface area (Å²) in [6, 6.07) is 5.59. The standard InChI is InChI=1S/C17H23NO3/c1-5-7-8-17(19)18(11-6-2)13-14-9-10-15(20-3)12-16(14)21-4/h5-6,9-10,12H,1-2,7-8,11,13H2,3-4H3. The Morgan fingerprint density at radius 3 is 2.57 bits per heavy atom. The Morgan fingerprint density at radius 1 is 1.24 bits per heavy atom. The average molecular weight is 289 g/mol. The number of amides is 1. The number of nitrogens with zero attached hydrogens (tertiary/aromatic N) is 1. The van der Waals surface area contributed by atoms with Gasteiger partial charge in [-0.15, -0.1) is 13.2 Å². The summed E-state index contributed by atoms with van der Waals surface area (Å²) in [5.74, 6) is 1.51. The molecule has 0 saturated carbocycles. The zero-order valence-electron chi connectivity index (χ0n) is 12.8. The molecule has 0 aromatic heterocycles. The zero-order chi connectivity index (χ0) is 15.7. The van der Waals surface area contributed by atoms with Gasteiger partial charge in [0.05, 0.1) is 14.2 Å². The highest BCUT2D eigenvalue weighted by Crippen LogP contribution is 2.26.